The van der Waals surface area contributed by atoms with Crippen LogP contribution in [0.5, 0.6) is 0 Å². The molecule has 0 heterocycles. The van der Waals surface area contributed by atoms with Crippen molar-refractivity contribution in [3.63, 3.8) is 0 Å². The monoisotopic (exact) mass is 270 g/mol. The smallest absolute Gasteiger partial charge is 0.292 e. The van der Waals surface area contributed by atoms with E-state index >= 15 is 0 Å². The maximum absolute atomic E-state index is 11.1. The molecule has 0 amide bonds. The van der Waals surface area contributed by atoms with Crippen LogP contribution in [0, 0.1) is 0 Å². The lowest BCUT2D eigenvalue weighted by atomic mass is 10.4. The van der Waals surface area contributed by atoms with E-state index in [1.807, 2.05) is 0 Å². The molecule has 0 spiro atoms. The van der Waals surface area contributed by atoms with E-state index in [1.165, 1.54) is 6.92 Å². The summed E-state index contributed by atoms with van der Waals surface area (Å²) in [5.41, 5.74) is -1.52. The third-order valence-electron chi connectivity index (χ3n) is 1.77. The highest BCUT2D eigenvalue weighted by Crippen LogP contribution is 2.06. The lowest BCUT2D eigenvalue weighted by Gasteiger charge is -2.18. The quantitative estimate of drug-likeness (QED) is 0.363. The molecule has 0 rings (SSSR count). The predicted octanol–water partition coefficient (Wildman–Crippen LogP) is 0.205. The van der Waals surface area contributed by atoms with E-state index in [9.17, 15) is 13.2 Å². The van der Waals surface area contributed by atoms with Gasteiger partial charge < -0.3 is 14.2 Å². The van der Waals surface area contributed by atoms with Gasteiger partial charge in [0.05, 0.1) is 13.2 Å². The zero-order chi connectivity index (χ0) is 13.5. The third kappa shape index (κ3) is 7.40. The molecule has 2 atom stereocenters. The second-order valence-electron chi connectivity index (χ2n) is 3.23. The summed E-state index contributed by atoms with van der Waals surface area (Å²) in [6.07, 6.45) is -1.33. The second-order valence-corrected chi connectivity index (χ2v) is 4.92. The van der Waals surface area contributed by atoms with Gasteiger partial charge in [-0.25, -0.2) is 0 Å². The van der Waals surface area contributed by atoms with Crippen LogP contribution in [-0.2, 0) is 29.1 Å². The topological polar surface area (TPSA) is 99.1 Å². The summed E-state index contributed by atoms with van der Waals surface area (Å²) < 4.78 is 44.9. The van der Waals surface area contributed by atoms with Crippen molar-refractivity contribution in [2.45, 2.75) is 32.5 Å². The molecule has 1 N–H and O–H groups in total. The number of ketones is 1. The predicted molar refractivity (Wildman–Crippen MR) is 59.0 cm³/mol. The van der Waals surface area contributed by atoms with Crippen molar-refractivity contribution in [1.29, 1.82) is 0 Å². The Labute approximate surface area is 101 Å². The minimum atomic E-state index is -4.35. The van der Waals surface area contributed by atoms with Gasteiger partial charge in [-0.05, 0) is 20.8 Å². The summed E-state index contributed by atoms with van der Waals surface area (Å²) >= 11 is 0. The number of rotatable bonds is 9. The molecule has 0 aliphatic heterocycles. The summed E-state index contributed by atoms with van der Waals surface area (Å²) in [6.45, 7) is 4.98. The summed E-state index contributed by atoms with van der Waals surface area (Å²) in [6, 6.07) is 0. The van der Waals surface area contributed by atoms with E-state index in [-0.39, 0.29) is 13.2 Å². The Hall–Kier alpha value is -0.540. The van der Waals surface area contributed by atoms with E-state index in [1.54, 1.807) is 6.92 Å². The minimum Gasteiger partial charge on any atom is -0.379 e. The van der Waals surface area contributed by atoms with E-state index in [0.29, 0.717) is 6.61 Å². The number of ether oxygens (including phenoxy) is 3. The molecule has 0 saturated carbocycles. The van der Waals surface area contributed by atoms with Gasteiger partial charge in [0.25, 0.3) is 10.1 Å². The molecule has 2 unspecified atom stereocenters. The number of hydrogen-bond donors (Lipinski definition) is 1. The van der Waals surface area contributed by atoms with Gasteiger partial charge in [0.15, 0.2) is 11.2 Å². The van der Waals surface area contributed by atoms with Crippen LogP contribution < -0.4 is 0 Å². The molecule has 17 heavy (non-hydrogen) atoms. The second kappa shape index (κ2) is 7.72. The molecular weight excluding hydrogens is 252 g/mol. The standard InChI is InChI=1S/C9H18O7S/c1-4-14-5-6-15-9(7(2)10)16-8(3)17(11,12)13/h8-9H,4-6H2,1-3H3,(H,11,12,13). The molecule has 0 aromatic rings. The van der Waals surface area contributed by atoms with Gasteiger partial charge in [0.2, 0.25) is 6.29 Å². The van der Waals surface area contributed by atoms with Gasteiger partial charge in [-0.3, -0.25) is 9.35 Å². The third-order valence-corrected chi connectivity index (χ3v) is 2.72. The Balaban J connectivity index is 4.21. The van der Waals surface area contributed by atoms with Crippen molar-refractivity contribution in [2.24, 2.45) is 0 Å². The van der Waals surface area contributed by atoms with E-state index in [2.05, 4.69) is 0 Å². The zero-order valence-corrected chi connectivity index (χ0v) is 10.9. The maximum Gasteiger partial charge on any atom is 0.292 e. The first-order valence-electron chi connectivity index (χ1n) is 5.10. The van der Waals surface area contributed by atoms with Gasteiger partial charge in [0.1, 0.15) is 0 Å². The van der Waals surface area contributed by atoms with Crippen LogP contribution in [0.4, 0.5) is 0 Å². The molecule has 0 bridgehead atoms. The minimum absolute atomic E-state index is 0.0935. The number of Topliss-reactive ketones (excluding diaryl/α,β-unsaturated/α-hetero) is 1. The lowest BCUT2D eigenvalue weighted by Crippen LogP contribution is -2.33. The average molecular weight is 270 g/mol. The van der Waals surface area contributed by atoms with Crippen molar-refractivity contribution in [2.75, 3.05) is 19.8 Å². The molecule has 0 saturated heterocycles. The Morgan fingerprint density at radius 2 is 1.94 bits per heavy atom. The summed E-state index contributed by atoms with van der Waals surface area (Å²) in [7, 11) is -4.35. The molecule has 102 valence electrons. The Bertz CT molecular complexity index is 324. The summed E-state index contributed by atoms with van der Waals surface area (Å²) in [4.78, 5) is 11.1. The SMILES string of the molecule is CCOCCOC(OC(C)S(=O)(=O)O)C(C)=O. The van der Waals surface area contributed by atoms with Crippen LogP contribution in [-0.4, -0.2) is 50.3 Å². The molecule has 7 nitrogen and oxygen atoms in total. The Morgan fingerprint density at radius 1 is 1.35 bits per heavy atom. The van der Waals surface area contributed by atoms with Crippen LogP contribution in [0.15, 0.2) is 0 Å². The lowest BCUT2D eigenvalue weighted by molar-refractivity contribution is -0.174. The fourth-order valence-electron chi connectivity index (χ4n) is 0.855. The molecule has 0 aromatic carbocycles. The van der Waals surface area contributed by atoms with Gasteiger partial charge in [-0.15, -0.1) is 0 Å². The largest absolute Gasteiger partial charge is 0.379 e. The molecule has 8 heteroatoms. The fraction of sp³-hybridized carbons (Fsp3) is 0.889. The van der Waals surface area contributed by atoms with Crippen molar-refractivity contribution < 1.29 is 32.0 Å². The van der Waals surface area contributed by atoms with Crippen LogP contribution in [0.2, 0.25) is 0 Å². The number of carbonyl (C=O) groups is 1. The maximum atomic E-state index is 11.1. The highest BCUT2D eigenvalue weighted by molar-refractivity contribution is 7.86. The fourth-order valence-corrected chi connectivity index (χ4v) is 1.10. The van der Waals surface area contributed by atoms with Crippen molar-refractivity contribution in [1.82, 2.24) is 0 Å². The van der Waals surface area contributed by atoms with Gasteiger partial charge in [-0.2, -0.15) is 8.42 Å². The van der Waals surface area contributed by atoms with E-state index < -0.39 is 27.6 Å². The normalized spacial score (nSPS) is 15.5. The van der Waals surface area contributed by atoms with Crippen LogP contribution in [0.1, 0.15) is 20.8 Å². The first-order valence-corrected chi connectivity index (χ1v) is 6.61. The Kier molecular flexibility index (Phi) is 7.48. The first kappa shape index (κ1) is 16.5. The number of carbonyl (C=O) groups excluding carboxylic acids is 1. The molecular formula is C9H18O7S. The van der Waals surface area contributed by atoms with Crippen molar-refractivity contribution in [3.05, 3.63) is 0 Å². The molecule has 0 aliphatic carbocycles. The van der Waals surface area contributed by atoms with E-state index in [0.717, 1.165) is 6.92 Å². The molecule has 0 radical (unpaired) electrons. The molecule has 0 aliphatic rings. The summed E-state index contributed by atoms with van der Waals surface area (Å²) in [5.74, 6) is -0.489. The highest BCUT2D eigenvalue weighted by Gasteiger charge is 2.25. The number of hydrogen-bond acceptors (Lipinski definition) is 6. The molecule has 0 aromatic heterocycles. The van der Waals surface area contributed by atoms with Crippen LogP contribution in [0.3, 0.4) is 0 Å². The van der Waals surface area contributed by atoms with Gasteiger partial charge in [0, 0.05) is 6.61 Å². The van der Waals surface area contributed by atoms with Gasteiger partial charge >= 0.3 is 0 Å². The summed E-state index contributed by atoms with van der Waals surface area (Å²) in [5, 5.41) is 0. The molecule has 0 fully saturated rings. The van der Waals surface area contributed by atoms with Crippen LogP contribution in [0.25, 0.3) is 0 Å². The Morgan fingerprint density at radius 3 is 2.35 bits per heavy atom. The first-order chi connectivity index (χ1) is 7.79. The van der Waals surface area contributed by atoms with Gasteiger partial charge in [-0.1, -0.05) is 0 Å². The van der Waals surface area contributed by atoms with Crippen LogP contribution >= 0.6 is 0 Å². The van der Waals surface area contributed by atoms with Crippen molar-refractivity contribution >= 4 is 15.9 Å². The van der Waals surface area contributed by atoms with Crippen molar-refractivity contribution in [3.8, 4) is 0 Å². The highest BCUT2D eigenvalue weighted by atomic mass is 32.2. The average Bonchev–Trinajstić information content (AvgIpc) is 2.20. The van der Waals surface area contributed by atoms with E-state index in [4.69, 9.17) is 18.8 Å². The zero-order valence-electron chi connectivity index (χ0n) is 10.1.